The Hall–Kier alpha value is -0.160. The van der Waals surface area contributed by atoms with E-state index in [0.717, 1.165) is 26.3 Å². The average Bonchev–Trinajstić information content (AvgIpc) is 2.73. The predicted molar refractivity (Wildman–Crippen MR) is 128 cm³/mol. The molecule has 0 rings (SSSR count). The molecule has 0 unspecified atom stereocenters. The van der Waals surface area contributed by atoms with Crippen molar-refractivity contribution < 1.29 is 9.47 Å². The summed E-state index contributed by atoms with van der Waals surface area (Å²) in [6.45, 7) is 13.3. The molecule has 0 N–H and O–H groups in total. The summed E-state index contributed by atoms with van der Waals surface area (Å²) in [5.74, 6) is 0. The number of ether oxygens (including phenoxy) is 2. The topological polar surface area (TPSA) is 24.9 Å². The molecule has 0 aromatic heterocycles. The molecule has 0 fully saturated rings. The van der Waals surface area contributed by atoms with E-state index >= 15 is 0 Å². The first-order valence-electron chi connectivity index (χ1n) is 12.7. The molecule has 0 saturated carbocycles. The van der Waals surface area contributed by atoms with Crippen LogP contribution in [0.3, 0.4) is 0 Å². The fraction of sp³-hybridized carbons (Fsp3) is 1.00. The zero-order valence-electron chi connectivity index (χ0n) is 20.6. The first-order valence-corrected chi connectivity index (χ1v) is 12.7. The van der Waals surface area contributed by atoms with Gasteiger partial charge in [-0.15, -0.1) is 0 Å². The van der Waals surface area contributed by atoms with Gasteiger partial charge in [0.05, 0.1) is 13.2 Å². The Labute approximate surface area is 183 Å². The Morgan fingerprint density at radius 1 is 0.414 bits per heavy atom. The highest BCUT2D eigenvalue weighted by molar-refractivity contribution is 4.63. The van der Waals surface area contributed by atoms with Gasteiger partial charge in [-0.2, -0.15) is 0 Å². The molecule has 0 aliphatic heterocycles. The van der Waals surface area contributed by atoms with Crippen LogP contribution in [0.15, 0.2) is 0 Å². The van der Waals surface area contributed by atoms with Crippen LogP contribution in [-0.4, -0.2) is 76.5 Å². The van der Waals surface area contributed by atoms with Crippen LogP contribution < -0.4 is 0 Å². The second kappa shape index (κ2) is 24.1. The normalized spacial score (nSPS) is 11.8. The van der Waals surface area contributed by atoms with Crippen molar-refractivity contribution >= 4 is 0 Å². The molecule has 0 aliphatic carbocycles. The van der Waals surface area contributed by atoms with Gasteiger partial charge in [0.15, 0.2) is 0 Å². The summed E-state index contributed by atoms with van der Waals surface area (Å²) in [7, 11) is 3.63. The Kier molecular flexibility index (Phi) is 24.0. The minimum absolute atomic E-state index is 0.848. The molecular formula is C25H54N2O2. The summed E-state index contributed by atoms with van der Waals surface area (Å²) in [6.07, 6.45) is 17.7. The number of nitrogens with zero attached hydrogens (tertiary/aromatic N) is 2. The van der Waals surface area contributed by atoms with Gasteiger partial charge in [0.1, 0.15) is 0 Å². The summed E-state index contributed by atoms with van der Waals surface area (Å²) in [4.78, 5) is 5.23. The first-order chi connectivity index (χ1) is 14.3. The van der Waals surface area contributed by atoms with Gasteiger partial charge in [0.2, 0.25) is 0 Å². The lowest BCUT2D eigenvalue weighted by Crippen LogP contribution is -2.34. The Bertz CT molecular complexity index is 275. The van der Waals surface area contributed by atoms with Crippen molar-refractivity contribution in [2.24, 2.45) is 0 Å². The van der Waals surface area contributed by atoms with E-state index in [1.807, 2.05) is 14.2 Å². The van der Waals surface area contributed by atoms with Crippen LogP contribution in [0, 0.1) is 0 Å². The van der Waals surface area contributed by atoms with E-state index in [9.17, 15) is 0 Å². The van der Waals surface area contributed by atoms with Gasteiger partial charge in [-0.25, -0.2) is 0 Å². The number of rotatable bonds is 24. The molecule has 0 amide bonds. The highest BCUT2D eigenvalue weighted by atomic mass is 16.5. The zero-order chi connectivity index (χ0) is 21.4. The summed E-state index contributed by atoms with van der Waals surface area (Å²) in [6, 6.07) is 0. The van der Waals surface area contributed by atoms with Crippen molar-refractivity contribution in [3.05, 3.63) is 0 Å². The number of hydrogen-bond donors (Lipinski definition) is 0. The van der Waals surface area contributed by atoms with Gasteiger partial charge in [-0.05, 0) is 45.4 Å². The van der Waals surface area contributed by atoms with Crippen LogP contribution in [0.5, 0.6) is 0 Å². The molecule has 0 saturated heterocycles. The Balaban J connectivity index is 4.06. The van der Waals surface area contributed by atoms with E-state index in [-0.39, 0.29) is 0 Å². The fourth-order valence-electron chi connectivity index (χ4n) is 3.86. The molecule has 0 atom stereocenters. The second-order valence-corrected chi connectivity index (χ2v) is 8.56. The molecule has 0 spiro atoms. The van der Waals surface area contributed by atoms with Gasteiger partial charge in [-0.1, -0.05) is 78.1 Å². The van der Waals surface area contributed by atoms with Crippen LogP contribution in [-0.2, 0) is 9.47 Å². The van der Waals surface area contributed by atoms with Gasteiger partial charge >= 0.3 is 0 Å². The average molecular weight is 415 g/mol. The molecular weight excluding hydrogens is 360 g/mol. The first kappa shape index (κ1) is 28.8. The fourth-order valence-corrected chi connectivity index (χ4v) is 3.86. The van der Waals surface area contributed by atoms with Crippen LogP contribution >= 0.6 is 0 Å². The van der Waals surface area contributed by atoms with Crippen LogP contribution in [0.2, 0.25) is 0 Å². The minimum Gasteiger partial charge on any atom is -0.383 e. The van der Waals surface area contributed by atoms with Crippen molar-refractivity contribution in [1.29, 1.82) is 0 Å². The van der Waals surface area contributed by atoms with Crippen LogP contribution in [0.4, 0.5) is 0 Å². The van der Waals surface area contributed by atoms with Gasteiger partial charge in [0, 0.05) is 27.3 Å². The molecule has 29 heavy (non-hydrogen) atoms. The maximum Gasteiger partial charge on any atom is 0.0589 e. The number of unbranched alkanes of at least 4 members (excludes halogenated alkanes) is 10. The van der Waals surface area contributed by atoms with Crippen molar-refractivity contribution in [2.75, 3.05) is 66.7 Å². The van der Waals surface area contributed by atoms with E-state index in [4.69, 9.17) is 9.47 Å². The minimum atomic E-state index is 0.848. The largest absolute Gasteiger partial charge is 0.383 e. The third-order valence-electron chi connectivity index (χ3n) is 5.83. The highest BCUT2D eigenvalue weighted by Crippen LogP contribution is 2.08. The van der Waals surface area contributed by atoms with Crippen molar-refractivity contribution in [1.82, 2.24) is 9.80 Å². The third kappa shape index (κ3) is 20.9. The molecule has 0 radical (unpaired) electrons. The quantitative estimate of drug-likeness (QED) is 0.181. The lowest BCUT2D eigenvalue weighted by Gasteiger charge is -2.26. The maximum atomic E-state index is 5.34. The lowest BCUT2D eigenvalue weighted by molar-refractivity contribution is 0.129. The molecule has 176 valence electrons. The predicted octanol–water partition coefficient (Wildman–Crippen LogP) is 5.99. The Morgan fingerprint density at radius 3 is 1.14 bits per heavy atom. The Morgan fingerprint density at radius 2 is 0.759 bits per heavy atom. The lowest BCUT2D eigenvalue weighted by atomic mass is 10.1. The second-order valence-electron chi connectivity index (χ2n) is 8.56. The standard InChI is InChI=1S/C25H54N2O2/c1-5-7-9-11-13-15-18-26(22-24-28-3)20-17-21-27(23-25-29-4)19-16-14-12-10-8-6-2/h5-25H2,1-4H3. The van der Waals surface area contributed by atoms with Crippen molar-refractivity contribution in [3.8, 4) is 0 Å². The molecule has 0 bridgehead atoms. The molecule has 4 heteroatoms. The van der Waals surface area contributed by atoms with E-state index in [1.165, 1.54) is 110 Å². The van der Waals surface area contributed by atoms with Gasteiger partial charge in [0.25, 0.3) is 0 Å². The van der Waals surface area contributed by atoms with Gasteiger partial charge in [-0.3, -0.25) is 0 Å². The SMILES string of the molecule is CCCCCCCCN(CCCN(CCCCCCCC)CCOC)CCOC. The van der Waals surface area contributed by atoms with E-state index in [0.29, 0.717) is 0 Å². The maximum absolute atomic E-state index is 5.34. The molecule has 0 heterocycles. The molecule has 0 aliphatic rings. The molecule has 0 aromatic rings. The number of methoxy groups -OCH3 is 2. The monoisotopic (exact) mass is 414 g/mol. The third-order valence-corrected chi connectivity index (χ3v) is 5.83. The smallest absolute Gasteiger partial charge is 0.0589 e. The van der Waals surface area contributed by atoms with Crippen LogP contribution in [0.25, 0.3) is 0 Å². The highest BCUT2D eigenvalue weighted by Gasteiger charge is 2.08. The summed E-state index contributed by atoms with van der Waals surface area (Å²) < 4.78 is 10.7. The molecule has 4 nitrogen and oxygen atoms in total. The number of hydrogen-bond acceptors (Lipinski definition) is 4. The zero-order valence-corrected chi connectivity index (χ0v) is 20.6. The summed E-state index contributed by atoms with van der Waals surface area (Å²) in [5, 5.41) is 0. The van der Waals surface area contributed by atoms with Crippen molar-refractivity contribution in [3.63, 3.8) is 0 Å². The van der Waals surface area contributed by atoms with Gasteiger partial charge < -0.3 is 19.3 Å². The van der Waals surface area contributed by atoms with Crippen LogP contribution in [0.1, 0.15) is 97.3 Å². The van der Waals surface area contributed by atoms with E-state index in [2.05, 4.69) is 23.6 Å². The van der Waals surface area contributed by atoms with E-state index < -0.39 is 0 Å². The summed E-state index contributed by atoms with van der Waals surface area (Å²) in [5.41, 5.74) is 0. The summed E-state index contributed by atoms with van der Waals surface area (Å²) >= 11 is 0. The van der Waals surface area contributed by atoms with Crippen molar-refractivity contribution in [2.45, 2.75) is 97.3 Å². The van der Waals surface area contributed by atoms with E-state index in [1.54, 1.807) is 0 Å². The molecule has 0 aromatic carbocycles.